The molecule has 0 amide bonds. The van der Waals surface area contributed by atoms with E-state index in [1.54, 1.807) is 6.08 Å². The Balaban J connectivity index is 3.18. The van der Waals surface area contributed by atoms with Crippen LogP contribution in [0.25, 0.3) is 5.57 Å². The topological polar surface area (TPSA) is 26.3 Å². The zero-order chi connectivity index (χ0) is 12.2. The van der Waals surface area contributed by atoms with Crippen molar-refractivity contribution < 1.29 is 9.53 Å². The van der Waals surface area contributed by atoms with Gasteiger partial charge in [-0.05, 0) is 16.6 Å². The van der Waals surface area contributed by atoms with Crippen LogP contribution in [0.3, 0.4) is 0 Å². The molecule has 0 saturated heterocycles. The van der Waals surface area contributed by atoms with Gasteiger partial charge in [-0.15, -0.1) is 0 Å². The van der Waals surface area contributed by atoms with Crippen molar-refractivity contribution in [3.8, 4) is 0 Å². The molecule has 0 radical (unpaired) electrons. The van der Waals surface area contributed by atoms with Crippen molar-refractivity contribution in [1.29, 1.82) is 0 Å². The Hall–Kier alpha value is -1.57. The molecule has 0 spiro atoms. The van der Waals surface area contributed by atoms with Crippen molar-refractivity contribution in [2.24, 2.45) is 5.41 Å². The Kier molecular flexibility index (Phi) is 3.88. The first-order valence-electron chi connectivity index (χ1n) is 5.30. The van der Waals surface area contributed by atoms with Gasteiger partial charge in [0, 0.05) is 6.08 Å². The molecule has 0 bridgehead atoms. The summed E-state index contributed by atoms with van der Waals surface area (Å²) in [6.45, 7) is 6.23. The van der Waals surface area contributed by atoms with Crippen LogP contribution in [0, 0.1) is 5.41 Å². The maximum Gasteiger partial charge on any atom is 0.330 e. The lowest BCUT2D eigenvalue weighted by molar-refractivity contribution is -0.134. The Morgan fingerprint density at radius 2 is 1.75 bits per heavy atom. The minimum atomic E-state index is -0.311. The molecule has 1 aromatic rings. The number of esters is 1. The fourth-order valence-corrected chi connectivity index (χ4v) is 1.53. The number of allylic oxidation sites excluding steroid dienone is 1. The summed E-state index contributed by atoms with van der Waals surface area (Å²) in [5.74, 6) is -0.311. The molecule has 1 rings (SSSR count). The second-order valence-corrected chi connectivity index (χ2v) is 4.70. The van der Waals surface area contributed by atoms with Crippen molar-refractivity contribution in [2.75, 3.05) is 7.11 Å². The van der Waals surface area contributed by atoms with Crippen molar-refractivity contribution in [3.63, 3.8) is 0 Å². The largest absolute Gasteiger partial charge is 0.466 e. The van der Waals surface area contributed by atoms with E-state index in [4.69, 9.17) is 0 Å². The SMILES string of the molecule is COC(=O)/C=C(\c1ccccc1)C(C)(C)C. The average molecular weight is 218 g/mol. The maximum absolute atomic E-state index is 11.3. The predicted octanol–water partition coefficient (Wildman–Crippen LogP) is 3.29. The lowest BCUT2D eigenvalue weighted by atomic mass is 9.82. The smallest absolute Gasteiger partial charge is 0.330 e. The van der Waals surface area contributed by atoms with Crippen molar-refractivity contribution in [1.82, 2.24) is 0 Å². The normalized spacial score (nSPS) is 12.4. The third-order valence-electron chi connectivity index (χ3n) is 2.36. The summed E-state index contributed by atoms with van der Waals surface area (Å²) in [7, 11) is 1.39. The molecule has 0 unspecified atom stereocenters. The van der Waals surface area contributed by atoms with Crippen LogP contribution in [0.1, 0.15) is 26.3 Å². The number of carbonyl (C=O) groups excluding carboxylic acids is 1. The summed E-state index contributed by atoms with van der Waals surface area (Å²) in [6.07, 6.45) is 1.56. The van der Waals surface area contributed by atoms with Gasteiger partial charge in [-0.1, -0.05) is 51.1 Å². The van der Waals surface area contributed by atoms with E-state index in [0.29, 0.717) is 0 Å². The van der Waals surface area contributed by atoms with Gasteiger partial charge >= 0.3 is 5.97 Å². The highest BCUT2D eigenvalue weighted by Crippen LogP contribution is 2.33. The highest BCUT2D eigenvalue weighted by Gasteiger charge is 2.19. The van der Waals surface area contributed by atoms with E-state index >= 15 is 0 Å². The molecule has 2 heteroatoms. The molecule has 2 nitrogen and oxygen atoms in total. The second-order valence-electron chi connectivity index (χ2n) is 4.70. The molecule has 0 fully saturated rings. The molecular formula is C14H18O2. The lowest BCUT2D eigenvalue weighted by Crippen LogP contribution is -2.11. The number of rotatable bonds is 2. The predicted molar refractivity (Wildman–Crippen MR) is 65.9 cm³/mol. The molecule has 0 aromatic heterocycles. The van der Waals surface area contributed by atoms with Crippen LogP contribution in [0.15, 0.2) is 36.4 Å². The van der Waals surface area contributed by atoms with Crippen molar-refractivity contribution in [2.45, 2.75) is 20.8 Å². The van der Waals surface area contributed by atoms with E-state index in [1.807, 2.05) is 30.3 Å². The van der Waals surface area contributed by atoms with Gasteiger partial charge in [-0.3, -0.25) is 0 Å². The van der Waals surface area contributed by atoms with Crippen LogP contribution >= 0.6 is 0 Å². The van der Waals surface area contributed by atoms with Gasteiger partial charge in [0.2, 0.25) is 0 Å². The first kappa shape index (κ1) is 12.5. The monoisotopic (exact) mass is 218 g/mol. The summed E-state index contributed by atoms with van der Waals surface area (Å²) < 4.78 is 4.68. The quantitative estimate of drug-likeness (QED) is 0.562. The number of hydrogen-bond acceptors (Lipinski definition) is 2. The van der Waals surface area contributed by atoms with E-state index < -0.39 is 0 Å². The highest BCUT2D eigenvalue weighted by atomic mass is 16.5. The molecule has 1 aromatic carbocycles. The van der Waals surface area contributed by atoms with E-state index in [2.05, 4.69) is 25.5 Å². The molecule has 0 saturated carbocycles. The lowest BCUT2D eigenvalue weighted by Gasteiger charge is -2.23. The summed E-state index contributed by atoms with van der Waals surface area (Å²) in [5.41, 5.74) is 1.95. The molecule has 86 valence electrons. The molecule has 0 aliphatic rings. The zero-order valence-electron chi connectivity index (χ0n) is 10.3. The van der Waals surface area contributed by atoms with Crippen molar-refractivity contribution >= 4 is 11.5 Å². The summed E-state index contributed by atoms with van der Waals surface area (Å²) in [5, 5.41) is 0. The van der Waals surface area contributed by atoms with Crippen LogP contribution in [-0.4, -0.2) is 13.1 Å². The minimum Gasteiger partial charge on any atom is -0.466 e. The first-order valence-corrected chi connectivity index (χ1v) is 5.30. The maximum atomic E-state index is 11.3. The molecule has 16 heavy (non-hydrogen) atoms. The molecule has 0 N–H and O–H groups in total. The average Bonchev–Trinajstić information content (AvgIpc) is 2.25. The molecule has 0 aliphatic carbocycles. The molecule has 0 atom stereocenters. The first-order chi connectivity index (χ1) is 7.45. The van der Waals surface area contributed by atoms with Gasteiger partial charge in [0.25, 0.3) is 0 Å². The number of carbonyl (C=O) groups is 1. The summed E-state index contributed by atoms with van der Waals surface area (Å²) in [6, 6.07) is 9.89. The van der Waals surface area contributed by atoms with Crippen molar-refractivity contribution in [3.05, 3.63) is 42.0 Å². The highest BCUT2D eigenvalue weighted by molar-refractivity contribution is 5.92. The Bertz CT molecular complexity index is 383. The van der Waals surface area contributed by atoms with Gasteiger partial charge in [0.1, 0.15) is 0 Å². The number of ether oxygens (including phenoxy) is 1. The number of hydrogen-bond donors (Lipinski definition) is 0. The second kappa shape index (κ2) is 4.97. The molecule has 0 aliphatic heterocycles. The van der Waals surface area contributed by atoms with Gasteiger partial charge in [0.15, 0.2) is 0 Å². The Morgan fingerprint density at radius 3 is 2.19 bits per heavy atom. The standard InChI is InChI=1S/C14H18O2/c1-14(2,3)12(10-13(15)16-4)11-8-6-5-7-9-11/h5-10H,1-4H3/b12-10+. The van der Waals surface area contributed by atoms with E-state index in [1.165, 1.54) is 7.11 Å². The van der Waals surface area contributed by atoms with Crippen LogP contribution in [0.4, 0.5) is 0 Å². The summed E-state index contributed by atoms with van der Waals surface area (Å²) >= 11 is 0. The van der Waals surface area contributed by atoms with E-state index in [9.17, 15) is 4.79 Å². The fraction of sp³-hybridized carbons (Fsp3) is 0.357. The van der Waals surface area contributed by atoms with Gasteiger partial charge in [0.05, 0.1) is 7.11 Å². The van der Waals surface area contributed by atoms with Crippen LogP contribution < -0.4 is 0 Å². The number of benzene rings is 1. The van der Waals surface area contributed by atoms with E-state index in [-0.39, 0.29) is 11.4 Å². The minimum absolute atomic E-state index is 0.0878. The van der Waals surface area contributed by atoms with Crippen LogP contribution in [-0.2, 0) is 9.53 Å². The Labute approximate surface area is 96.9 Å². The molecular weight excluding hydrogens is 200 g/mol. The summed E-state index contributed by atoms with van der Waals surface area (Å²) in [4.78, 5) is 11.3. The van der Waals surface area contributed by atoms with Gasteiger partial charge in [-0.25, -0.2) is 4.79 Å². The fourth-order valence-electron chi connectivity index (χ4n) is 1.53. The van der Waals surface area contributed by atoms with Crippen LogP contribution in [0.5, 0.6) is 0 Å². The third-order valence-corrected chi connectivity index (χ3v) is 2.36. The Morgan fingerprint density at radius 1 is 1.19 bits per heavy atom. The number of methoxy groups -OCH3 is 1. The third kappa shape index (κ3) is 3.23. The van der Waals surface area contributed by atoms with Gasteiger partial charge < -0.3 is 4.74 Å². The van der Waals surface area contributed by atoms with E-state index in [0.717, 1.165) is 11.1 Å². The molecule has 0 heterocycles. The van der Waals surface area contributed by atoms with Gasteiger partial charge in [-0.2, -0.15) is 0 Å². The van der Waals surface area contributed by atoms with Crippen LogP contribution in [0.2, 0.25) is 0 Å². The zero-order valence-corrected chi connectivity index (χ0v) is 10.3.